The summed E-state index contributed by atoms with van der Waals surface area (Å²) in [5, 5.41) is 1.20. The van der Waals surface area contributed by atoms with E-state index < -0.39 is 10.0 Å². The molecule has 1 heterocycles. The molecular weight excluding hydrogens is 363 g/mol. The average molecular weight is 373 g/mol. The summed E-state index contributed by atoms with van der Waals surface area (Å²) in [7, 11) is -3.83. The molecule has 0 bridgehead atoms. The van der Waals surface area contributed by atoms with Crippen molar-refractivity contribution in [2.45, 2.75) is 4.90 Å². The lowest BCUT2D eigenvalue weighted by Gasteiger charge is -2.33. The molecule has 8 heteroatoms. The molecule has 3 rings (SSSR count). The van der Waals surface area contributed by atoms with Crippen LogP contribution in [0.25, 0.3) is 0 Å². The Bertz CT molecular complexity index is 836. The van der Waals surface area contributed by atoms with Crippen molar-refractivity contribution in [3.63, 3.8) is 0 Å². The van der Waals surface area contributed by atoms with E-state index in [0.29, 0.717) is 16.1 Å². The highest BCUT2D eigenvalue weighted by molar-refractivity contribution is 8.17. The second kappa shape index (κ2) is 6.12. The molecule has 2 aromatic carbocycles. The smallest absolute Gasteiger partial charge is 0.286 e. The van der Waals surface area contributed by atoms with Crippen LogP contribution >= 0.6 is 35.0 Å². The summed E-state index contributed by atoms with van der Waals surface area (Å²) in [5.74, 6) is 0.637. The quantitative estimate of drug-likeness (QED) is 0.807. The van der Waals surface area contributed by atoms with Crippen LogP contribution in [0.3, 0.4) is 0 Å². The number of anilines is 1. The summed E-state index contributed by atoms with van der Waals surface area (Å²) in [5.41, 5.74) is 0.844. The normalized spacial score (nSPS) is 16.6. The van der Waals surface area contributed by atoms with Gasteiger partial charge in [0.2, 0.25) is 0 Å². The second-order valence-corrected chi connectivity index (χ2v) is 7.79. The number of rotatable bonds is 3. The number of hydrogen-bond donors (Lipinski definition) is 0. The minimum atomic E-state index is -3.83. The first-order valence-corrected chi connectivity index (χ1v) is 9.41. The van der Waals surface area contributed by atoms with E-state index in [4.69, 9.17) is 23.2 Å². The molecule has 0 spiro atoms. The molecule has 2 aromatic rings. The Balaban J connectivity index is 1.92. The van der Waals surface area contributed by atoms with E-state index in [9.17, 15) is 8.42 Å². The molecule has 1 fully saturated rings. The fourth-order valence-electron chi connectivity index (χ4n) is 1.87. The zero-order chi connectivity index (χ0) is 15.7. The Morgan fingerprint density at radius 2 is 1.73 bits per heavy atom. The van der Waals surface area contributed by atoms with Gasteiger partial charge in [-0.05, 0) is 36.4 Å². The molecule has 0 radical (unpaired) electrons. The second-order valence-electron chi connectivity index (χ2n) is 4.46. The molecule has 0 N–H and O–H groups in total. The molecule has 1 saturated heterocycles. The van der Waals surface area contributed by atoms with Gasteiger partial charge in [0, 0.05) is 10.7 Å². The van der Waals surface area contributed by atoms with E-state index >= 15 is 0 Å². The van der Waals surface area contributed by atoms with E-state index in [1.807, 2.05) is 12.1 Å². The monoisotopic (exact) mass is 372 g/mol. The van der Waals surface area contributed by atoms with Gasteiger partial charge in [-0.2, -0.15) is 8.42 Å². The molecule has 22 heavy (non-hydrogen) atoms. The van der Waals surface area contributed by atoms with Crippen molar-refractivity contribution >= 4 is 55.8 Å². The zero-order valence-electron chi connectivity index (χ0n) is 11.1. The first-order chi connectivity index (χ1) is 10.5. The standard InChI is InChI=1S/C14H10Cl2N2O2S2/c15-10-5-7-11(8-6-10)18-9-21-14(18)17-22(19,20)13-4-2-1-3-12(13)16/h1-8H,9H2/b17-14-. The lowest BCUT2D eigenvalue weighted by molar-refractivity contribution is 0.598. The Labute approximate surface area is 142 Å². The highest BCUT2D eigenvalue weighted by Crippen LogP contribution is 2.33. The predicted molar refractivity (Wildman–Crippen MR) is 92.5 cm³/mol. The SMILES string of the molecule is O=S(=O)(/N=C1\SCN1c1ccc(Cl)cc1)c1ccccc1Cl. The third kappa shape index (κ3) is 3.10. The predicted octanol–water partition coefficient (Wildman–Crippen LogP) is 4.25. The summed E-state index contributed by atoms with van der Waals surface area (Å²) in [6.45, 7) is 0. The van der Waals surface area contributed by atoms with E-state index in [2.05, 4.69) is 4.40 Å². The van der Waals surface area contributed by atoms with Crippen molar-refractivity contribution < 1.29 is 8.42 Å². The molecule has 0 aliphatic carbocycles. The number of sulfonamides is 1. The molecule has 1 aliphatic rings. The molecule has 0 saturated carbocycles. The highest BCUT2D eigenvalue weighted by atomic mass is 35.5. The Morgan fingerprint density at radius 3 is 2.32 bits per heavy atom. The summed E-state index contributed by atoms with van der Waals surface area (Å²) in [6.07, 6.45) is 0. The Morgan fingerprint density at radius 1 is 1.05 bits per heavy atom. The van der Waals surface area contributed by atoms with E-state index in [0.717, 1.165) is 5.69 Å². The maximum Gasteiger partial charge on any atom is 0.286 e. The fraction of sp³-hybridized carbons (Fsp3) is 0.0714. The van der Waals surface area contributed by atoms with Crippen LogP contribution < -0.4 is 4.90 Å². The van der Waals surface area contributed by atoms with Gasteiger partial charge in [-0.3, -0.25) is 0 Å². The van der Waals surface area contributed by atoms with E-state index in [1.54, 1.807) is 29.2 Å². The molecule has 114 valence electrons. The van der Waals surface area contributed by atoms with Gasteiger partial charge in [0.25, 0.3) is 10.0 Å². The van der Waals surface area contributed by atoms with Gasteiger partial charge in [-0.25, -0.2) is 0 Å². The van der Waals surface area contributed by atoms with Gasteiger partial charge >= 0.3 is 0 Å². The van der Waals surface area contributed by atoms with Gasteiger partial charge in [0.15, 0.2) is 5.17 Å². The molecule has 0 atom stereocenters. The van der Waals surface area contributed by atoms with Crippen LogP contribution in [0.2, 0.25) is 10.0 Å². The highest BCUT2D eigenvalue weighted by Gasteiger charge is 2.28. The number of halogens is 2. The van der Waals surface area contributed by atoms with Gasteiger partial charge in [-0.1, -0.05) is 47.1 Å². The van der Waals surface area contributed by atoms with Crippen molar-refractivity contribution in [2.24, 2.45) is 4.40 Å². The molecule has 1 aliphatic heterocycles. The van der Waals surface area contributed by atoms with Gasteiger partial charge in [-0.15, -0.1) is 4.40 Å². The van der Waals surface area contributed by atoms with Crippen LogP contribution in [0.1, 0.15) is 0 Å². The largest absolute Gasteiger partial charge is 0.310 e. The summed E-state index contributed by atoms with van der Waals surface area (Å²) in [6, 6.07) is 13.4. The summed E-state index contributed by atoms with van der Waals surface area (Å²) < 4.78 is 28.6. The van der Waals surface area contributed by atoms with Crippen LogP contribution in [-0.4, -0.2) is 19.5 Å². The van der Waals surface area contributed by atoms with Crippen molar-refractivity contribution in [3.05, 3.63) is 58.6 Å². The Kier molecular flexibility index (Phi) is 4.36. The first kappa shape index (κ1) is 15.7. The van der Waals surface area contributed by atoms with Crippen molar-refractivity contribution in [2.75, 3.05) is 10.8 Å². The fourth-order valence-corrected chi connectivity index (χ4v) is 4.53. The molecule has 0 aromatic heterocycles. The van der Waals surface area contributed by atoms with Crippen LogP contribution in [0, 0.1) is 0 Å². The van der Waals surface area contributed by atoms with Crippen molar-refractivity contribution in [1.82, 2.24) is 0 Å². The van der Waals surface area contributed by atoms with Crippen LogP contribution in [-0.2, 0) is 10.0 Å². The van der Waals surface area contributed by atoms with Crippen LogP contribution in [0.4, 0.5) is 5.69 Å². The van der Waals surface area contributed by atoms with E-state index in [1.165, 1.54) is 23.9 Å². The number of amidine groups is 1. The third-order valence-electron chi connectivity index (χ3n) is 3.00. The maximum absolute atomic E-state index is 12.4. The number of benzene rings is 2. The molecular formula is C14H10Cl2N2O2S2. The lowest BCUT2D eigenvalue weighted by atomic mass is 10.3. The van der Waals surface area contributed by atoms with Crippen LogP contribution in [0.5, 0.6) is 0 Å². The summed E-state index contributed by atoms with van der Waals surface area (Å²) in [4.78, 5) is 1.81. The van der Waals surface area contributed by atoms with Crippen LogP contribution in [0.15, 0.2) is 57.8 Å². The van der Waals surface area contributed by atoms with Crippen molar-refractivity contribution in [3.8, 4) is 0 Å². The number of nitrogens with zero attached hydrogens (tertiary/aromatic N) is 2. The number of hydrogen-bond acceptors (Lipinski definition) is 3. The minimum absolute atomic E-state index is 0.00715. The van der Waals surface area contributed by atoms with Gasteiger partial charge < -0.3 is 4.90 Å². The first-order valence-electron chi connectivity index (χ1n) is 6.23. The number of thioether (sulfide) groups is 1. The summed E-state index contributed by atoms with van der Waals surface area (Å²) >= 11 is 13.2. The molecule has 4 nitrogen and oxygen atoms in total. The average Bonchev–Trinajstić information content (AvgIpc) is 2.46. The third-order valence-corrected chi connectivity index (χ3v) is 6.10. The minimum Gasteiger partial charge on any atom is -0.310 e. The zero-order valence-corrected chi connectivity index (χ0v) is 14.3. The van der Waals surface area contributed by atoms with Gasteiger partial charge in [0.05, 0.1) is 10.9 Å². The Hall–Kier alpha value is -1.21. The topological polar surface area (TPSA) is 49.7 Å². The molecule has 0 unspecified atom stereocenters. The van der Waals surface area contributed by atoms with E-state index in [-0.39, 0.29) is 9.92 Å². The maximum atomic E-state index is 12.4. The van der Waals surface area contributed by atoms with Crippen molar-refractivity contribution in [1.29, 1.82) is 0 Å². The lowest BCUT2D eigenvalue weighted by Crippen LogP contribution is -2.39. The molecule has 0 amide bonds. The van der Waals surface area contributed by atoms with Gasteiger partial charge in [0.1, 0.15) is 4.90 Å².